The van der Waals surface area contributed by atoms with Gasteiger partial charge in [0.05, 0.1) is 18.3 Å². The fraction of sp³-hybridized carbons (Fsp3) is 0.296. The van der Waals surface area contributed by atoms with Crippen LogP contribution in [0.5, 0.6) is 0 Å². The number of nitrogens with one attached hydrogen (secondary N) is 1. The molecule has 0 fully saturated rings. The summed E-state index contributed by atoms with van der Waals surface area (Å²) in [7, 11) is -1.15. The van der Waals surface area contributed by atoms with Crippen LogP contribution in [-0.2, 0) is 16.8 Å². The standard InChI is InChI=1S/C27H32FN3O3S/c1-20(2)18-25(22-10-6-5-7-11-22)29-27(32)23-16-14-21(15-17-23)19-31(35(33,34)30(3)4)26-13-9-8-12-24(26)28/h5-17,20,25H,18-19H2,1-4H3,(H,29,32)/t25-/m0/s1. The maximum absolute atomic E-state index is 14.5. The molecule has 0 radical (unpaired) electrons. The highest BCUT2D eigenvalue weighted by Gasteiger charge is 2.27. The summed E-state index contributed by atoms with van der Waals surface area (Å²) in [6.45, 7) is 4.14. The van der Waals surface area contributed by atoms with E-state index in [0.29, 0.717) is 17.0 Å². The molecule has 3 aromatic carbocycles. The molecule has 0 unspecified atom stereocenters. The Morgan fingerprint density at radius 1 is 0.914 bits per heavy atom. The Labute approximate surface area is 207 Å². The van der Waals surface area contributed by atoms with Crippen molar-refractivity contribution in [2.45, 2.75) is 32.9 Å². The fourth-order valence-electron chi connectivity index (χ4n) is 3.75. The van der Waals surface area contributed by atoms with Crippen LogP contribution in [0.3, 0.4) is 0 Å². The minimum Gasteiger partial charge on any atom is -0.345 e. The van der Waals surface area contributed by atoms with Gasteiger partial charge < -0.3 is 5.32 Å². The summed E-state index contributed by atoms with van der Waals surface area (Å²) in [4.78, 5) is 13.0. The van der Waals surface area contributed by atoms with Gasteiger partial charge in [-0.2, -0.15) is 12.7 Å². The molecule has 0 aliphatic heterocycles. The number of para-hydroxylation sites is 1. The SMILES string of the molecule is CC(C)C[C@H](NC(=O)c1ccc(CN(c2ccccc2F)S(=O)(=O)N(C)C)cc1)c1ccccc1. The van der Waals surface area contributed by atoms with E-state index in [9.17, 15) is 17.6 Å². The van der Waals surface area contributed by atoms with E-state index in [2.05, 4.69) is 19.2 Å². The topological polar surface area (TPSA) is 69.7 Å². The van der Waals surface area contributed by atoms with Crippen molar-refractivity contribution in [3.63, 3.8) is 0 Å². The van der Waals surface area contributed by atoms with Crippen LogP contribution in [0, 0.1) is 11.7 Å². The number of anilines is 1. The zero-order chi connectivity index (χ0) is 25.6. The van der Waals surface area contributed by atoms with Gasteiger partial charge in [-0.1, -0.05) is 68.4 Å². The molecule has 0 saturated carbocycles. The van der Waals surface area contributed by atoms with Gasteiger partial charge in [-0.05, 0) is 47.7 Å². The maximum Gasteiger partial charge on any atom is 0.303 e. The van der Waals surface area contributed by atoms with Gasteiger partial charge in [0, 0.05) is 19.7 Å². The van der Waals surface area contributed by atoms with Gasteiger partial charge in [0.15, 0.2) is 0 Å². The largest absolute Gasteiger partial charge is 0.345 e. The van der Waals surface area contributed by atoms with E-state index in [1.165, 1.54) is 32.3 Å². The number of hydrogen-bond donors (Lipinski definition) is 1. The molecular formula is C27H32FN3O3S. The zero-order valence-electron chi connectivity index (χ0n) is 20.5. The van der Waals surface area contributed by atoms with Gasteiger partial charge in [0.25, 0.3) is 5.91 Å². The molecule has 0 aliphatic carbocycles. The number of benzene rings is 3. The molecule has 1 N–H and O–H groups in total. The molecule has 0 aromatic heterocycles. The molecule has 0 bridgehead atoms. The summed E-state index contributed by atoms with van der Waals surface area (Å²) in [5.41, 5.74) is 2.09. The lowest BCUT2D eigenvalue weighted by molar-refractivity contribution is 0.0932. The smallest absolute Gasteiger partial charge is 0.303 e. The third-order valence-electron chi connectivity index (χ3n) is 5.62. The number of hydrogen-bond acceptors (Lipinski definition) is 3. The minimum atomic E-state index is -3.95. The monoisotopic (exact) mass is 497 g/mol. The summed E-state index contributed by atoms with van der Waals surface area (Å²) in [5.74, 6) is -0.449. The second kappa shape index (κ2) is 11.5. The van der Waals surface area contributed by atoms with Crippen molar-refractivity contribution in [3.8, 4) is 0 Å². The van der Waals surface area contributed by atoms with Gasteiger partial charge in [-0.15, -0.1) is 0 Å². The van der Waals surface area contributed by atoms with Crippen LogP contribution in [0.1, 0.15) is 47.8 Å². The first-order valence-electron chi connectivity index (χ1n) is 11.5. The van der Waals surface area contributed by atoms with Crippen molar-refractivity contribution in [3.05, 3.63) is 101 Å². The summed E-state index contributed by atoms with van der Waals surface area (Å²) < 4.78 is 42.4. The molecule has 6 nitrogen and oxygen atoms in total. The zero-order valence-corrected chi connectivity index (χ0v) is 21.3. The summed E-state index contributed by atoms with van der Waals surface area (Å²) in [6, 6.07) is 22.2. The summed E-state index contributed by atoms with van der Waals surface area (Å²) in [5, 5.41) is 3.11. The number of carbonyl (C=O) groups excluding carboxylic acids is 1. The quantitative estimate of drug-likeness (QED) is 0.421. The molecule has 3 aromatic rings. The third kappa shape index (κ3) is 6.68. The highest BCUT2D eigenvalue weighted by Crippen LogP contribution is 2.26. The Morgan fingerprint density at radius 3 is 2.09 bits per heavy atom. The lowest BCUT2D eigenvalue weighted by Gasteiger charge is -2.28. The molecule has 1 atom stereocenters. The molecule has 0 saturated heterocycles. The first kappa shape index (κ1) is 26.4. The highest BCUT2D eigenvalue weighted by atomic mass is 32.2. The normalized spacial score (nSPS) is 12.5. The average molecular weight is 498 g/mol. The van der Waals surface area contributed by atoms with Crippen molar-refractivity contribution < 1.29 is 17.6 Å². The Morgan fingerprint density at radius 2 is 1.51 bits per heavy atom. The van der Waals surface area contributed by atoms with E-state index in [1.54, 1.807) is 30.3 Å². The maximum atomic E-state index is 14.5. The van der Waals surface area contributed by atoms with Crippen LogP contribution >= 0.6 is 0 Å². The number of halogens is 1. The molecule has 1 amide bonds. The van der Waals surface area contributed by atoms with Crippen molar-refractivity contribution in [1.29, 1.82) is 0 Å². The highest BCUT2D eigenvalue weighted by molar-refractivity contribution is 7.90. The number of nitrogens with zero attached hydrogens (tertiary/aromatic N) is 2. The fourth-order valence-corrected chi connectivity index (χ4v) is 4.85. The second-order valence-electron chi connectivity index (χ2n) is 9.01. The molecule has 3 rings (SSSR count). The first-order valence-corrected chi connectivity index (χ1v) is 12.9. The third-order valence-corrected chi connectivity index (χ3v) is 7.42. The average Bonchev–Trinajstić information content (AvgIpc) is 2.83. The van der Waals surface area contributed by atoms with Crippen LogP contribution in [0.25, 0.3) is 0 Å². The Hall–Kier alpha value is -3.23. The van der Waals surface area contributed by atoms with E-state index in [-0.39, 0.29) is 24.2 Å². The summed E-state index contributed by atoms with van der Waals surface area (Å²) >= 11 is 0. The molecule has 35 heavy (non-hydrogen) atoms. The molecule has 186 valence electrons. The number of carbonyl (C=O) groups is 1. The molecule has 0 aliphatic rings. The van der Waals surface area contributed by atoms with Gasteiger partial charge in [-0.25, -0.2) is 4.39 Å². The van der Waals surface area contributed by atoms with Gasteiger partial charge in [0.1, 0.15) is 5.82 Å². The Kier molecular flexibility index (Phi) is 8.64. The Balaban J connectivity index is 1.81. The van der Waals surface area contributed by atoms with E-state index in [4.69, 9.17) is 0 Å². The van der Waals surface area contributed by atoms with Crippen LogP contribution in [0.2, 0.25) is 0 Å². The lowest BCUT2D eigenvalue weighted by Crippen LogP contribution is -2.40. The van der Waals surface area contributed by atoms with Crippen molar-refractivity contribution in [2.24, 2.45) is 5.92 Å². The molecule has 8 heteroatoms. The van der Waals surface area contributed by atoms with E-state index in [0.717, 1.165) is 20.6 Å². The predicted octanol–water partition coefficient (Wildman–Crippen LogP) is 5.16. The van der Waals surface area contributed by atoms with Crippen LogP contribution in [-0.4, -0.2) is 32.7 Å². The van der Waals surface area contributed by atoms with E-state index >= 15 is 0 Å². The summed E-state index contributed by atoms with van der Waals surface area (Å²) in [6.07, 6.45) is 0.799. The van der Waals surface area contributed by atoms with Crippen molar-refractivity contribution >= 4 is 21.8 Å². The van der Waals surface area contributed by atoms with Crippen LogP contribution in [0.15, 0.2) is 78.9 Å². The predicted molar refractivity (Wildman–Crippen MR) is 138 cm³/mol. The van der Waals surface area contributed by atoms with Crippen LogP contribution in [0.4, 0.5) is 10.1 Å². The van der Waals surface area contributed by atoms with Crippen molar-refractivity contribution in [1.82, 2.24) is 9.62 Å². The van der Waals surface area contributed by atoms with Gasteiger partial charge >= 0.3 is 10.2 Å². The molecule has 0 heterocycles. The van der Waals surface area contributed by atoms with Gasteiger partial charge in [-0.3, -0.25) is 9.10 Å². The van der Waals surface area contributed by atoms with Crippen LogP contribution < -0.4 is 9.62 Å². The Bertz CT molecular complexity index is 1230. The lowest BCUT2D eigenvalue weighted by atomic mass is 9.96. The van der Waals surface area contributed by atoms with Crippen molar-refractivity contribution in [2.75, 3.05) is 18.4 Å². The van der Waals surface area contributed by atoms with E-state index < -0.39 is 16.0 Å². The first-order chi connectivity index (χ1) is 16.6. The van der Waals surface area contributed by atoms with Gasteiger partial charge in [0.2, 0.25) is 0 Å². The second-order valence-corrected chi connectivity index (χ2v) is 11.1. The molecular weight excluding hydrogens is 465 g/mol. The number of rotatable bonds is 10. The van der Waals surface area contributed by atoms with E-state index in [1.807, 2.05) is 30.3 Å². The molecule has 0 spiro atoms. The minimum absolute atomic E-state index is 0.0394. The number of amides is 1.